The van der Waals surface area contributed by atoms with Gasteiger partial charge in [0, 0.05) is 0 Å². The number of hydrogen-bond acceptors (Lipinski definition) is 2. The fourth-order valence-electron chi connectivity index (χ4n) is 3.24. The number of aliphatic hydroxyl groups is 1. The van der Waals surface area contributed by atoms with E-state index < -0.39 is 0 Å². The summed E-state index contributed by atoms with van der Waals surface area (Å²) >= 11 is 0. The van der Waals surface area contributed by atoms with Gasteiger partial charge in [-0.15, -0.1) is 0 Å². The van der Waals surface area contributed by atoms with Gasteiger partial charge in [0.05, 0.1) is 25.8 Å². The predicted molar refractivity (Wildman–Crippen MR) is 68.2 cm³/mol. The Bertz CT molecular complexity index is 216. The van der Waals surface area contributed by atoms with Gasteiger partial charge in [-0.25, -0.2) is 0 Å². The van der Waals surface area contributed by atoms with Gasteiger partial charge >= 0.3 is 0 Å². The SMILES string of the molecule is C[C@H]1CCC[C@@H]1OC[C@@H](O)C[NH+]1CCCCC1. The van der Waals surface area contributed by atoms with Crippen LogP contribution in [0.4, 0.5) is 0 Å². The van der Waals surface area contributed by atoms with Gasteiger partial charge in [-0.1, -0.05) is 13.3 Å². The van der Waals surface area contributed by atoms with E-state index in [0.717, 1.165) is 6.54 Å². The average molecular weight is 242 g/mol. The second kappa shape index (κ2) is 6.72. The van der Waals surface area contributed by atoms with Crippen molar-refractivity contribution in [2.45, 2.75) is 57.7 Å². The summed E-state index contributed by atoms with van der Waals surface area (Å²) in [6.07, 6.45) is 7.92. The fourth-order valence-corrected chi connectivity index (χ4v) is 3.24. The van der Waals surface area contributed by atoms with Crippen molar-refractivity contribution in [2.75, 3.05) is 26.2 Å². The fraction of sp³-hybridized carbons (Fsp3) is 1.00. The number of aliphatic hydroxyl groups excluding tert-OH is 1. The Kier molecular flexibility index (Phi) is 5.26. The van der Waals surface area contributed by atoms with E-state index in [2.05, 4.69) is 6.92 Å². The van der Waals surface area contributed by atoms with Gasteiger partial charge in [-0.2, -0.15) is 0 Å². The normalized spacial score (nSPS) is 32.8. The number of hydrogen-bond donors (Lipinski definition) is 2. The van der Waals surface area contributed by atoms with Crippen LogP contribution in [-0.2, 0) is 4.74 Å². The Morgan fingerprint density at radius 3 is 2.59 bits per heavy atom. The third-order valence-corrected chi connectivity index (χ3v) is 4.37. The summed E-state index contributed by atoms with van der Waals surface area (Å²) in [5.41, 5.74) is 0. The lowest BCUT2D eigenvalue weighted by molar-refractivity contribution is -0.908. The molecule has 2 aliphatic rings. The summed E-state index contributed by atoms with van der Waals surface area (Å²) in [6.45, 7) is 6.15. The summed E-state index contributed by atoms with van der Waals surface area (Å²) in [5.74, 6) is 0.685. The van der Waals surface area contributed by atoms with Crippen molar-refractivity contribution in [1.82, 2.24) is 0 Å². The van der Waals surface area contributed by atoms with Crippen LogP contribution >= 0.6 is 0 Å². The molecule has 0 aromatic carbocycles. The summed E-state index contributed by atoms with van der Waals surface area (Å²) in [6, 6.07) is 0. The molecule has 2 N–H and O–H groups in total. The van der Waals surface area contributed by atoms with Crippen molar-refractivity contribution in [1.29, 1.82) is 0 Å². The third-order valence-electron chi connectivity index (χ3n) is 4.37. The Labute approximate surface area is 105 Å². The Hall–Kier alpha value is -0.120. The van der Waals surface area contributed by atoms with Crippen molar-refractivity contribution in [2.24, 2.45) is 5.92 Å². The minimum atomic E-state index is -0.268. The topological polar surface area (TPSA) is 33.9 Å². The number of quaternary nitrogens is 1. The van der Waals surface area contributed by atoms with Gasteiger partial charge in [-0.05, 0) is 38.0 Å². The Morgan fingerprint density at radius 2 is 1.94 bits per heavy atom. The zero-order chi connectivity index (χ0) is 12.1. The molecule has 1 saturated carbocycles. The summed E-state index contributed by atoms with van der Waals surface area (Å²) in [7, 11) is 0. The molecule has 0 unspecified atom stereocenters. The van der Waals surface area contributed by atoms with E-state index in [1.165, 1.54) is 51.6 Å². The van der Waals surface area contributed by atoms with Crippen LogP contribution < -0.4 is 4.90 Å². The standard InChI is InChI=1S/C14H27NO2/c1-12-6-5-7-14(12)17-11-13(16)10-15-8-3-2-4-9-15/h12-14,16H,2-11H2,1H3/p+1/t12-,13-,14-/m0/s1. The predicted octanol–water partition coefficient (Wildman–Crippen LogP) is 0.621. The second-order valence-corrected chi connectivity index (χ2v) is 5.95. The summed E-state index contributed by atoms with van der Waals surface area (Å²) in [5, 5.41) is 10.0. The molecule has 1 aliphatic heterocycles. The molecule has 0 spiro atoms. The molecular weight excluding hydrogens is 214 g/mol. The minimum Gasteiger partial charge on any atom is -0.385 e. The molecule has 3 atom stereocenters. The molecular formula is C14H28NO2+. The maximum Gasteiger partial charge on any atom is 0.126 e. The van der Waals surface area contributed by atoms with Gasteiger partial charge in [0.1, 0.15) is 12.6 Å². The molecule has 0 radical (unpaired) electrons. The molecule has 2 rings (SSSR count). The van der Waals surface area contributed by atoms with Gasteiger partial charge in [0.25, 0.3) is 0 Å². The van der Waals surface area contributed by atoms with E-state index in [1.807, 2.05) is 0 Å². The highest BCUT2D eigenvalue weighted by atomic mass is 16.5. The van der Waals surface area contributed by atoms with E-state index in [4.69, 9.17) is 4.74 Å². The molecule has 2 fully saturated rings. The Balaban J connectivity index is 1.61. The number of rotatable bonds is 5. The van der Waals surface area contributed by atoms with E-state index >= 15 is 0 Å². The van der Waals surface area contributed by atoms with E-state index in [-0.39, 0.29) is 6.10 Å². The molecule has 17 heavy (non-hydrogen) atoms. The van der Waals surface area contributed by atoms with Crippen molar-refractivity contribution < 1.29 is 14.7 Å². The monoisotopic (exact) mass is 242 g/mol. The molecule has 3 nitrogen and oxygen atoms in total. The molecule has 0 aromatic heterocycles. The van der Waals surface area contributed by atoms with Crippen molar-refractivity contribution in [3.05, 3.63) is 0 Å². The molecule has 1 aliphatic carbocycles. The number of likely N-dealkylation sites (tertiary alicyclic amines) is 1. The van der Waals surface area contributed by atoms with Gasteiger partial charge < -0.3 is 14.7 Å². The quantitative estimate of drug-likeness (QED) is 0.741. The molecule has 100 valence electrons. The van der Waals surface area contributed by atoms with E-state index in [0.29, 0.717) is 18.6 Å². The first-order valence-corrected chi connectivity index (χ1v) is 7.39. The van der Waals surface area contributed by atoms with Crippen LogP contribution in [0.15, 0.2) is 0 Å². The highest BCUT2D eigenvalue weighted by Crippen LogP contribution is 2.27. The second-order valence-electron chi connectivity index (χ2n) is 5.95. The minimum absolute atomic E-state index is 0.268. The van der Waals surface area contributed by atoms with Crippen molar-refractivity contribution in [3.63, 3.8) is 0 Å². The van der Waals surface area contributed by atoms with Crippen LogP contribution in [-0.4, -0.2) is 43.6 Å². The Morgan fingerprint density at radius 1 is 1.18 bits per heavy atom. The molecule has 0 amide bonds. The summed E-state index contributed by atoms with van der Waals surface area (Å²) in [4.78, 5) is 1.56. The molecule has 0 bridgehead atoms. The zero-order valence-electron chi connectivity index (χ0n) is 11.2. The molecule has 3 heteroatoms. The van der Waals surface area contributed by atoms with E-state index in [9.17, 15) is 5.11 Å². The third kappa shape index (κ3) is 4.23. The van der Waals surface area contributed by atoms with Crippen LogP contribution in [0.25, 0.3) is 0 Å². The molecule has 1 heterocycles. The maximum absolute atomic E-state index is 10.0. The van der Waals surface area contributed by atoms with Gasteiger partial charge in [-0.3, -0.25) is 0 Å². The average Bonchev–Trinajstić information content (AvgIpc) is 2.74. The van der Waals surface area contributed by atoms with E-state index in [1.54, 1.807) is 4.90 Å². The number of ether oxygens (including phenoxy) is 1. The summed E-state index contributed by atoms with van der Waals surface area (Å²) < 4.78 is 5.86. The first-order valence-electron chi connectivity index (χ1n) is 7.39. The highest BCUT2D eigenvalue weighted by molar-refractivity contribution is 4.74. The lowest BCUT2D eigenvalue weighted by Gasteiger charge is -2.26. The van der Waals surface area contributed by atoms with Crippen LogP contribution in [0.1, 0.15) is 45.4 Å². The largest absolute Gasteiger partial charge is 0.385 e. The maximum atomic E-state index is 10.0. The van der Waals surface area contributed by atoms with Crippen molar-refractivity contribution in [3.8, 4) is 0 Å². The lowest BCUT2D eigenvalue weighted by atomic mass is 10.1. The first kappa shape index (κ1) is 13.3. The highest BCUT2D eigenvalue weighted by Gasteiger charge is 2.25. The van der Waals surface area contributed by atoms with Crippen LogP contribution in [0.2, 0.25) is 0 Å². The molecule has 0 aromatic rings. The first-order chi connectivity index (χ1) is 8.25. The van der Waals surface area contributed by atoms with Crippen LogP contribution in [0, 0.1) is 5.92 Å². The van der Waals surface area contributed by atoms with Gasteiger partial charge in [0.15, 0.2) is 0 Å². The van der Waals surface area contributed by atoms with Crippen molar-refractivity contribution >= 4 is 0 Å². The van der Waals surface area contributed by atoms with Gasteiger partial charge in [0.2, 0.25) is 0 Å². The van der Waals surface area contributed by atoms with Crippen LogP contribution in [0.5, 0.6) is 0 Å². The smallest absolute Gasteiger partial charge is 0.126 e. The zero-order valence-corrected chi connectivity index (χ0v) is 11.2. The molecule has 1 saturated heterocycles. The lowest BCUT2D eigenvalue weighted by Crippen LogP contribution is -3.14. The van der Waals surface area contributed by atoms with Crippen LogP contribution in [0.3, 0.4) is 0 Å². The number of nitrogens with one attached hydrogen (secondary N) is 1. The number of piperidine rings is 1.